The van der Waals surface area contributed by atoms with E-state index in [1.807, 2.05) is 31.3 Å². The summed E-state index contributed by atoms with van der Waals surface area (Å²) in [7, 11) is 3.80. The van der Waals surface area contributed by atoms with E-state index in [1.165, 1.54) is 23.7 Å². The van der Waals surface area contributed by atoms with Crippen molar-refractivity contribution in [2.75, 3.05) is 14.1 Å². The third kappa shape index (κ3) is 3.33. The molecule has 0 saturated carbocycles. The summed E-state index contributed by atoms with van der Waals surface area (Å²) in [6.07, 6.45) is 9.31. The maximum atomic E-state index is 11.1. The minimum Gasteiger partial charge on any atom is -0.383 e. The Kier molecular flexibility index (Phi) is 4.31. The molecule has 7 heteroatoms. The van der Waals surface area contributed by atoms with Gasteiger partial charge in [-0.3, -0.25) is 14.0 Å². The molecule has 2 aromatic rings. The summed E-state index contributed by atoms with van der Waals surface area (Å²) < 4.78 is 4.20. The van der Waals surface area contributed by atoms with Crippen LogP contribution >= 0.6 is 11.5 Å². The Morgan fingerprint density at radius 1 is 1.50 bits per heavy atom. The maximum Gasteiger partial charge on any atom is 0.260 e. The molecule has 1 N–H and O–H groups in total. The van der Waals surface area contributed by atoms with Crippen LogP contribution in [0, 0.1) is 0 Å². The number of allylic oxidation sites excluding steroid dienone is 3. The van der Waals surface area contributed by atoms with Gasteiger partial charge in [0, 0.05) is 31.9 Å². The van der Waals surface area contributed by atoms with Crippen LogP contribution in [0.15, 0.2) is 41.6 Å². The van der Waals surface area contributed by atoms with Gasteiger partial charge < -0.3 is 4.90 Å². The topological polar surface area (TPSA) is 71.0 Å². The number of aromatic amines is 1. The van der Waals surface area contributed by atoms with Crippen LogP contribution in [0.5, 0.6) is 0 Å². The SMILES string of the molecule is CN(C)/C=C\C(=C/C=O)c1cnn(-c2cc(=O)[nH]s2)c1. The fourth-order valence-corrected chi connectivity index (χ4v) is 2.15. The van der Waals surface area contributed by atoms with Crippen LogP contribution in [0.25, 0.3) is 10.6 Å². The Morgan fingerprint density at radius 3 is 2.90 bits per heavy atom. The van der Waals surface area contributed by atoms with E-state index in [9.17, 15) is 9.59 Å². The molecule has 2 heterocycles. The Morgan fingerprint density at radius 2 is 2.30 bits per heavy atom. The Bertz CT molecular complexity index is 706. The molecule has 0 bridgehead atoms. The van der Waals surface area contributed by atoms with Crippen LogP contribution in [0.1, 0.15) is 5.56 Å². The maximum absolute atomic E-state index is 11.1. The van der Waals surface area contributed by atoms with Crippen molar-refractivity contribution in [1.82, 2.24) is 19.1 Å². The summed E-state index contributed by atoms with van der Waals surface area (Å²) in [4.78, 5) is 23.7. The third-order valence-electron chi connectivity index (χ3n) is 2.45. The van der Waals surface area contributed by atoms with Crippen molar-refractivity contribution >= 4 is 23.4 Å². The predicted molar refractivity (Wildman–Crippen MR) is 78.9 cm³/mol. The van der Waals surface area contributed by atoms with E-state index >= 15 is 0 Å². The lowest BCUT2D eigenvalue weighted by Crippen LogP contribution is -2.00. The fraction of sp³-hybridized carbons (Fsp3) is 0.154. The first kappa shape index (κ1) is 14.0. The van der Waals surface area contributed by atoms with Crippen molar-refractivity contribution in [3.8, 4) is 5.00 Å². The number of aldehydes is 1. The number of rotatable bonds is 5. The highest BCUT2D eigenvalue weighted by molar-refractivity contribution is 7.08. The van der Waals surface area contributed by atoms with E-state index < -0.39 is 0 Å². The third-order valence-corrected chi connectivity index (χ3v) is 3.27. The molecule has 0 aliphatic rings. The molecule has 0 aliphatic carbocycles. The molecule has 20 heavy (non-hydrogen) atoms. The first-order valence-electron chi connectivity index (χ1n) is 5.84. The quantitative estimate of drug-likeness (QED) is 0.511. The van der Waals surface area contributed by atoms with E-state index in [0.717, 1.165) is 17.4 Å². The lowest BCUT2D eigenvalue weighted by molar-refractivity contribution is -0.104. The predicted octanol–water partition coefficient (Wildman–Crippen LogP) is 1.28. The molecular weight excluding hydrogens is 276 g/mol. The zero-order valence-corrected chi connectivity index (χ0v) is 11.9. The van der Waals surface area contributed by atoms with Gasteiger partial charge >= 0.3 is 0 Å². The van der Waals surface area contributed by atoms with Crippen LogP contribution in [0.4, 0.5) is 0 Å². The number of hydrogen-bond acceptors (Lipinski definition) is 5. The smallest absolute Gasteiger partial charge is 0.260 e. The largest absolute Gasteiger partial charge is 0.383 e. The summed E-state index contributed by atoms with van der Waals surface area (Å²) in [6.45, 7) is 0. The molecule has 0 fully saturated rings. The fourth-order valence-electron chi connectivity index (χ4n) is 1.53. The molecule has 0 aromatic carbocycles. The van der Waals surface area contributed by atoms with Gasteiger partial charge in [-0.2, -0.15) is 5.10 Å². The van der Waals surface area contributed by atoms with E-state index in [-0.39, 0.29) is 5.56 Å². The number of aromatic nitrogens is 3. The summed E-state index contributed by atoms with van der Waals surface area (Å²) in [6, 6.07) is 1.47. The normalized spacial score (nSPS) is 12.0. The molecule has 0 atom stereocenters. The summed E-state index contributed by atoms with van der Waals surface area (Å²) in [5.74, 6) is 0. The monoisotopic (exact) mass is 290 g/mol. The van der Waals surface area contributed by atoms with Crippen molar-refractivity contribution in [2.24, 2.45) is 0 Å². The van der Waals surface area contributed by atoms with Crippen LogP contribution in [-0.2, 0) is 4.79 Å². The molecule has 6 nitrogen and oxygen atoms in total. The van der Waals surface area contributed by atoms with E-state index in [4.69, 9.17) is 0 Å². The molecule has 0 amide bonds. The summed E-state index contributed by atoms with van der Waals surface area (Å²) in [5, 5.41) is 4.89. The second-order valence-electron chi connectivity index (χ2n) is 4.26. The molecule has 104 valence electrons. The lowest BCUT2D eigenvalue weighted by atomic mass is 10.1. The van der Waals surface area contributed by atoms with Crippen LogP contribution in [-0.4, -0.2) is 39.4 Å². The molecule has 0 spiro atoms. The van der Waals surface area contributed by atoms with Gasteiger partial charge in [-0.05, 0) is 35.5 Å². The number of H-pyrrole nitrogens is 1. The zero-order chi connectivity index (χ0) is 14.5. The molecule has 0 unspecified atom stereocenters. The standard InChI is InChI=1S/C13H14N4O2S/c1-16(2)5-3-10(4-6-18)11-8-14-17(9-11)13-7-12(19)15-20-13/h3-9H,1-2H3,(H,15,19)/b5-3-,10-4+. The zero-order valence-electron chi connectivity index (χ0n) is 11.1. The van der Waals surface area contributed by atoms with Gasteiger partial charge in [-0.1, -0.05) is 0 Å². The number of nitrogens with one attached hydrogen (secondary N) is 1. The van der Waals surface area contributed by atoms with E-state index in [2.05, 4.69) is 9.47 Å². The molecule has 2 rings (SSSR count). The first-order chi connectivity index (χ1) is 9.60. The molecular formula is C13H14N4O2S. The van der Waals surface area contributed by atoms with Crippen LogP contribution < -0.4 is 5.56 Å². The lowest BCUT2D eigenvalue weighted by Gasteiger charge is -2.04. The van der Waals surface area contributed by atoms with E-state index in [1.54, 1.807) is 17.1 Å². The number of hydrogen-bond donors (Lipinski definition) is 1. The van der Waals surface area contributed by atoms with Gasteiger partial charge in [-0.25, -0.2) is 4.68 Å². The van der Waals surface area contributed by atoms with Gasteiger partial charge in [0.05, 0.1) is 6.20 Å². The van der Waals surface area contributed by atoms with Crippen molar-refractivity contribution < 1.29 is 4.79 Å². The second-order valence-corrected chi connectivity index (χ2v) is 5.09. The molecule has 0 aliphatic heterocycles. The minimum atomic E-state index is -0.154. The highest BCUT2D eigenvalue weighted by atomic mass is 32.1. The molecule has 0 saturated heterocycles. The van der Waals surface area contributed by atoms with Gasteiger partial charge in [0.15, 0.2) is 0 Å². The number of carbonyl (C=O) groups excluding carboxylic acids is 1. The van der Waals surface area contributed by atoms with Gasteiger partial charge in [0.2, 0.25) is 0 Å². The van der Waals surface area contributed by atoms with Crippen molar-refractivity contribution in [3.05, 3.63) is 52.7 Å². The van der Waals surface area contributed by atoms with Gasteiger partial charge in [-0.15, -0.1) is 0 Å². The Labute approximate surface area is 119 Å². The number of nitrogens with zero attached hydrogens (tertiary/aromatic N) is 3. The summed E-state index contributed by atoms with van der Waals surface area (Å²) in [5.41, 5.74) is 1.40. The van der Waals surface area contributed by atoms with Crippen LogP contribution in [0.2, 0.25) is 0 Å². The van der Waals surface area contributed by atoms with Gasteiger partial charge in [0.1, 0.15) is 11.3 Å². The highest BCUT2D eigenvalue weighted by Gasteiger charge is 2.06. The van der Waals surface area contributed by atoms with Crippen molar-refractivity contribution in [1.29, 1.82) is 0 Å². The Hall–Kier alpha value is -2.41. The Balaban J connectivity index is 2.32. The molecule has 2 aromatic heterocycles. The summed E-state index contributed by atoms with van der Waals surface area (Å²) >= 11 is 1.21. The average molecular weight is 290 g/mol. The number of carbonyl (C=O) groups is 1. The second kappa shape index (κ2) is 6.16. The van der Waals surface area contributed by atoms with Crippen molar-refractivity contribution in [2.45, 2.75) is 0 Å². The highest BCUT2D eigenvalue weighted by Crippen LogP contribution is 2.17. The van der Waals surface area contributed by atoms with Gasteiger partial charge in [0.25, 0.3) is 5.56 Å². The van der Waals surface area contributed by atoms with Crippen molar-refractivity contribution in [3.63, 3.8) is 0 Å². The minimum absolute atomic E-state index is 0.154. The molecule has 0 radical (unpaired) electrons. The average Bonchev–Trinajstić information content (AvgIpc) is 3.02. The first-order valence-corrected chi connectivity index (χ1v) is 6.66. The van der Waals surface area contributed by atoms with Crippen LogP contribution in [0.3, 0.4) is 0 Å². The van der Waals surface area contributed by atoms with E-state index in [0.29, 0.717) is 5.00 Å².